The van der Waals surface area contributed by atoms with Crippen molar-refractivity contribution in [2.75, 3.05) is 0 Å². The lowest BCUT2D eigenvalue weighted by Gasteiger charge is -1.84. The molecule has 0 aromatic heterocycles. The summed E-state index contributed by atoms with van der Waals surface area (Å²) in [6.07, 6.45) is 1.12. The average Bonchev–Trinajstić information content (AvgIpc) is 1.38. The normalized spacial score (nSPS) is 11.7. The molecule has 0 fully saturated rings. The first-order valence-electron chi connectivity index (χ1n) is 1.58. The zero-order valence-electron chi connectivity index (χ0n) is 3.31. The molecule has 1 atom stereocenters. The molecule has 0 radical (unpaired) electrons. The van der Waals surface area contributed by atoms with E-state index in [0.717, 1.165) is 0 Å². The maximum atomic E-state index is 8.24. The van der Waals surface area contributed by atoms with Gasteiger partial charge in [-0.05, 0) is 6.92 Å². The van der Waals surface area contributed by atoms with E-state index in [1.165, 1.54) is 6.08 Å². The number of aliphatic hydroxyl groups excluding tert-OH is 1. The molecule has 0 aliphatic carbocycles. The van der Waals surface area contributed by atoms with Gasteiger partial charge in [-0.2, -0.15) is 0 Å². The van der Waals surface area contributed by atoms with E-state index in [1.807, 2.05) is 0 Å². The Labute approximate surface area is 39.3 Å². The standard InChI is InChI=1S/C4H8O.CH4/c1-3-4(2)5;/h3-5H,1H2,2H3;1H4. The second-order valence-electron chi connectivity index (χ2n) is 0.976. The molecule has 0 heterocycles. The van der Waals surface area contributed by atoms with Crippen LogP contribution in [0.3, 0.4) is 0 Å². The zero-order chi connectivity index (χ0) is 4.28. The predicted molar refractivity (Wildman–Crippen MR) is 28.6 cm³/mol. The van der Waals surface area contributed by atoms with Crippen molar-refractivity contribution in [1.82, 2.24) is 0 Å². The van der Waals surface area contributed by atoms with E-state index in [9.17, 15) is 0 Å². The molecular formula is C5H12O. The molecule has 0 aromatic rings. The first-order chi connectivity index (χ1) is 2.27. The fraction of sp³-hybridized carbons (Fsp3) is 0.600. The highest BCUT2D eigenvalue weighted by molar-refractivity contribution is 4.72. The summed E-state index contributed by atoms with van der Waals surface area (Å²) in [5.41, 5.74) is 0. The van der Waals surface area contributed by atoms with Crippen LogP contribution in [0.2, 0.25) is 0 Å². The van der Waals surface area contributed by atoms with Crippen LogP contribution >= 0.6 is 0 Å². The van der Waals surface area contributed by atoms with Crippen molar-refractivity contribution < 1.29 is 5.11 Å². The van der Waals surface area contributed by atoms with Gasteiger partial charge in [0.15, 0.2) is 0 Å². The van der Waals surface area contributed by atoms with E-state index in [1.54, 1.807) is 6.92 Å². The van der Waals surface area contributed by atoms with Crippen LogP contribution < -0.4 is 0 Å². The predicted octanol–water partition coefficient (Wildman–Crippen LogP) is 1.19. The Morgan fingerprint density at radius 3 is 2.00 bits per heavy atom. The Balaban J connectivity index is 0. The van der Waals surface area contributed by atoms with Gasteiger partial charge in [-0.15, -0.1) is 6.58 Å². The van der Waals surface area contributed by atoms with E-state index < -0.39 is 0 Å². The molecule has 0 saturated carbocycles. The van der Waals surface area contributed by atoms with Gasteiger partial charge in [0.2, 0.25) is 0 Å². The largest absolute Gasteiger partial charge is 0.389 e. The first-order valence-corrected chi connectivity index (χ1v) is 1.58. The summed E-state index contributed by atoms with van der Waals surface area (Å²) in [5.74, 6) is 0. The van der Waals surface area contributed by atoms with E-state index in [2.05, 4.69) is 6.58 Å². The third kappa shape index (κ3) is 9.33. The SMILES string of the molecule is C.C=CC(C)O. The maximum absolute atomic E-state index is 8.24. The van der Waals surface area contributed by atoms with Crippen LogP contribution in [0.25, 0.3) is 0 Å². The third-order valence-electron chi connectivity index (χ3n) is 0.341. The zero-order valence-corrected chi connectivity index (χ0v) is 3.31. The Morgan fingerprint density at radius 1 is 1.83 bits per heavy atom. The molecule has 0 aliphatic heterocycles. The van der Waals surface area contributed by atoms with E-state index >= 15 is 0 Å². The molecule has 0 bridgehead atoms. The monoisotopic (exact) mass is 88.1 g/mol. The smallest absolute Gasteiger partial charge is 0.0690 e. The van der Waals surface area contributed by atoms with Gasteiger partial charge in [0.1, 0.15) is 0 Å². The van der Waals surface area contributed by atoms with Crippen LogP contribution in [0.1, 0.15) is 14.4 Å². The summed E-state index contributed by atoms with van der Waals surface area (Å²) in [5, 5.41) is 8.24. The Hall–Kier alpha value is -0.300. The van der Waals surface area contributed by atoms with Crippen LogP contribution in [0.15, 0.2) is 12.7 Å². The first kappa shape index (κ1) is 9.20. The molecule has 0 saturated heterocycles. The molecule has 38 valence electrons. The quantitative estimate of drug-likeness (QED) is 0.477. The minimum Gasteiger partial charge on any atom is -0.389 e. The Kier molecular flexibility index (Phi) is 7.20. The molecule has 1 nitrogen and oxygen atoms in total. The fourth-order valence-electron chi connectivity index (χ4n) is 0. The lowest BCUT2D eigenvalue weighted by Crippen LogP contribution is -1.88. The lowest BCUT2D eigenvalue weighted by molar-refractivity contribution is 0.244. The second kappa shape index (κ2) is 4.70. The van der Waals surface area contributed by atoms with Gasteiger partial charge in [-0.1, -0.05) is 13.5 Å². The van der Waals surface area contributed by atoms with Crippen LogP contribution in [0, 0.1) is 0 Å². The van der Waals surface area contributed by atoms with Gasteiger partial charge < -0.3 is 5.11 Å². The molecule has 0 rings (SSSR count). The fourth-order valence-corrected chi connectivity index (χ4v) is 0. The van der Waals surface area contributed by atoms with Crippen LogP contribution in [0.4, 0.5) is 0 Å². The highest BCUT2D eigenvalue weighted by Gasteiger charge is 1.75. The van der Waals surface area contributed by atoms with Crippen molar-refractivity contribution in [3.8, 4) is 0 Å². The van der Waals surface area contributed by atoms with Gasteiger partial charge in [-0.25, -0.2) is 0 Å². The lowest BCUT2D eigenvalue weighted by atomic mass is 10.4. The maximum Gasteiger partial charge on any atom is 0.0690 e. The van der Waals surface area contributed by atoms with E-state index in [0.29, 0.717) is 0 Å². The minimum atomic E-state index is -0.352. The van der Waals surface area contributed by atoms with Gasteiger partial charge in [0.05, 0.1) is 6.10 Å². The van der Waals surface area contributed by atoms with Crippen molar-refractivity contribution >= 4 is 0 Å². The summed E-state index contributed by atoms with van der Waals surface area (Å²) in [7, 11) is 0. The summed E-state index contributed by atoms with van der Waals surface area (Å²) < 4.78 is 0. The van der Waals surface area contributed by atoms with Crippen LogP contribution in [-0.2, 0) is 0 Å². The summed E-state index contributed by atoms with van der Waals surface area (Å²) in [6.45, 7) is 4.97. The number of hydrogen-bond donors (Lipinski definition) is 1. The van der Waals surface area contributed by atoms with Gasteiger partial charge in [0.25, 0.3) is 0 Å². The number of hydrogen-bond acceptors (Lipinski definition) is 1. The van der Waals surface area contributed by atoms with Crippen LogP contribution in [-0.4, -0.2) is 11.2 Å². The van der Waals surface area contributed by atoms with Crippen molar-refractivity contribution in [2.45, 2.75) is 20.5 Å². The van der Waals surface area contributed by atoms with E-state index in [-0.39, 0.29) is 13.5 Å². The van der Waals surface area contributed by atoms with Crippen molar-refractivity contribution in [1.29, 1.82) is 0 Å². The number of aliphatic hydroxyl groups is 1. The van der Waals surface area contributed by atoms with Crippen molar-refractivity contribution in [2.24, 2.45) is 0 Å². The Bertz CT molecular complexity index is 30.9. The van der Waals surface area contributed by atoms with Gasteiger partial charge in [-0.3, -0.25) is 0 Å². The van der Waals surface area contributed by atoms with Gasteiger partial charge in [0, 0.05) is 0 Å². The third-order valence-corrected chi connectivity index (χ3v) is 0.341. The van der Waals surface area contributed by atoms with Crippen molar-refractivity contribution in [3.05, 3.63) is 12.7 Å². The molecule has 0 amide bonds. The minimum absolute atomic E-state index is 0. The molecule has 6 heavy (non-hydrogen) atoms. The molecule has 0 spiro atoms. The van der Waals surface area contributed by atoms with Gasteiger partial charge >= 0.3 is 0 Å². The summed E-state index contributed by atoms with van der Waals surface area (Å²) in [4.78, 5) is 0. The second-order valence-corrected chi connectivity index (χ2v) is 0.976. The van der Waals surface area contributed by atoms with Crippen LogP contribution in [0.5, 0.6) is 0 Å². The van der Waals surface area contributed by atoms with E-state index in [4.69, 9.17) is 5.11 Å². The molecule has 0 aliphatic rings. The summed E-state index contributed by atoms with van der Waals surface area (Å²) >= 11 is 0. The average molecular weight is 88.2 g/mol. The number of rotatable bonds is 1. The Morgan fingerprint density at radius 2 is 2.00 bits per heavy atom. The van der Waals surface area contributed by atoms with Crippen molar-refractivity contribution in [3.63, 3.8) is 0 Å². The molecule has 1 unspecified atom stereocenters. The highest BCUT2D eigenvalue weighted by Crippen LogP contribution is 1.73. The molecular weight excluding hydrogens is 76.1 g/mol. The molecule has 0 aromatic carbocycles. The highest BCUT2D eigenvalue weighted by atomic mass is 16.3. The molecule has 1 heteroatoms. The topological polar surface area (TPSA) is 20.2 Å². The summed E-state index contributed by atoms with van der Waals surface area (Å²) in [6, 6.07) is 0. The molecule has 1 N–H and O–H groups in total.